The summed E-state index contributed by atoms with van der Waals surface area (Å²) in [6, 6.07) is 0. The van der Waals surface area contributed by atoms with Crippen LogP contribution >= 0.6 is 11.8 Å². The van der Waals surface area contributed by atoms with Crippen molar-refractivity contribution >= 4 is 11.8 Å². The summed E-state index contributed by atoms with van der Waals surface area (Å²) in [5.41, 5.74) is 0.175. The van der Waals surface area contributed by atoms with E-state index >= 15 is 0 Å². The van der Waals surface area contributed by atoms with Crippen molar-refractivity contribution in [1.29, 1.82) is 0 Å². The van der Waals surface area contributed by atoms with Crippen molar-refractivity contribution in [2.24, 2.45) is 17.8 Å². The number of aliphatic hydroxyl groups excluding tert-OH is 1. The number of hydrogen-bond donors (Lipinski definition) is 1. The van der Waals surface area contributed by atoms with Gasteiger partial charge in [-0.2, -0.15) is 11.8 Å². The van der Waals surface area contributed by atoms with Crippen molar-refractivity contribution in [2.75, 3.05) is 18.1 Å². The lowest BCUT2D eigenvalue weighted by Gasteiger charge is -2.44. The monoisotopic (exact) mass is 270 g/mol. The first-order valence-corrected chi connectivity index (χ1v) is 8.74. The normalized spacial score (nSPS) is 49.7. The summed E-state index contributed by atoms with van der Waals surface area (Å²) in [5.74, 6) is 4.49. The summed E-state index contributed by atoms with van der Waals surface area (Å²) in [4.78, 5) is 0. The van der Waals surface area contributed by atoms with E-state index in [1.165, 1.54) is 43.6 Å². The molecule has 104 valence electrons. The fourth-order valence-electron chi connectivity index (χ4n) is 4.21. The van der Waals surface area contributed by atoms with Gasteiger partial charge in [0.25, 0.3) is 0 Å². The zero-order valence-corrected chi connectivity index (χ0v) is 12.3. The van der Waals surface area contributed by atoms with Crippen LogP contribution in [-0.4, -0.2) is 34.9 Å². The second-order valence-corrected chi connectivity index (χ2v) is 7.84. The third-order valence-corrected chi connectivity index (χ3v) is 6.55. The first-order valence-electron chi connectivity index (χ1n) is 7.58. The van der Waals surface area contributed by atoms with E-state index in [0.29, 0.717) is 11.8 Å². The number of ether oxygens (including phenoxy) is 1. The van der Waals surface area contributed by atoms with Gasteiger partial charge < -0.3 is 9.84 Å². The molecule has 1 saturated carbocycles. The van der Waals surface area contributed by atoms with Gasteiger partial charge in [-0.1, -0.05) is 6.92 Å². The lowest BCUT2D eigenvalue weighted by Crippen LogP contribution is -2.45. The largest absolute Gasteiger partial charge is 0.393 e. The summed E-state index contributed by atoms with van der Waals surface area (Å²) in [7, 11) is 0. The van der Waals surface area contributed by atoms with Crippen LogP contribution in [0.3, 0.4) is 0 Å². The van der Waals surface area contributed by atoms with Crippen molar-refractivity contribution in [2.45, 2.75) is 57.2 Å². The standard InChI is InChI=1S/C15H26O2S/c1-11-2-3-14(16)13(8-11)12-4-6-17-15(9-12)5-7-18-10-15/h11-14,16H,2-10H2,1H3. The molecule has 0 aromatic heterocycles. The molecule has 5 atom stereocenters. The van der Waals surface area contributed by atoms with E-state index in [2.05, 4.69) is 6.92 Å². The number of thioether (sulfide) groups is 1. The van der Waals surface area contributed by atoms with Crippen LogP contribution in [0.25, 0.3) is 0 Å². The molecular formula is C15H26O2S. The van der Waals surface area contributed by atoms with Crippen molar-refractivity contribution in [1.82, 2.24) is 0 Å². The molecule has 2 heterocycles. The van der Waals surface area contributed by atoms with Gasteiger partial charge in [-0.05, 0) is 62.0 Å². The third kappa shape index (κ3) is 2.59. The smallest absolute Gasteiger partial charge is 0.0783 e. The minimum atomic E-state index is -0.0459. The Labute approximate surface area is 115 Å². The summed E-state index contributed by atoms with van der Waals surface area (Å²) in [5, 5.41) is 10.3. The first kappa shape index (κ1) is 13.3. The first-order chi connectivity index (χ1) is 8.69. The maximum Gasteiger partial charge on any atom is 0.0783 e. The lowest BCUT2D eigenvalue weighted by molar-refractivity contribution is -0.107. The molecule has 0 aromatic rings. The topological polar surface area (TPSA) is 29.5 Å². The minimum absolute atomic E-state index is 0.0459. The molecule has 3 rings (SSSR count). The lowest BCUT2D eigenvalue weighted by atomic mass is 9.69. The van der Waals surface area contributed by atoms with Crippen LogP contribution in [-0.2, 0) is 4.74 Å². The van der Waals surface area contributed by atoms with Crippen molar-refractivity contribution in [3.63, 3.8) is 0 Å². The van der Waals surface area contributed by atoms with Gasteiger partial charge in [0.1, 0.15) is 0 Å². The minimum Gasteiger partial charge on any atom is -0.393 e. The fraction of sp³-hybridized carbons (Fsp3) is 1.00. The SMILES string of the molecule is CC1CCC(O)C(C2CCOC3(CCSC3)C2)C1. The highest BCUT2D eigenvalue weighted by molar-refractivity contribution is 7.99. The molecule has 0 radical (unpaired) electrons. The van der Waals surface area contributed by atoms with Crippen LogP contribution in [0.15, 0.2) is 0 Å². The van der Waals surface area contributed by atoms with Gasteiger partial charge in [-0.25, -0.2) is 0 Å². The van der Waals surface area contributed by atoms with Gasteiger partial charge in [0.2, 0.25) is 0 Å². The van der Waals surface area contributed by atoms with Gasteiger partial charge in [0.15, 0.2) is 0 Å². The van der Waals surface area contributed by atoms with Crippen LogP contribution in [0, 0.1) is 17.8 Å². The van der Waals surface area contributed by atoms with Crippen LogP contribution < -0.4 is 0 Å². The predicted octanol–water partition coefficient (Wildman–Crippen LogP) is 3.09. The molecule has 1 spiro atoms. The molecule has 2 saturated heterocycles. The molecule has 0 bridgehead atoms. The Balaban J connectivity index is 1.67. The van der Waals surface area contributed by atoms with E-state index < -0.39 is 0 Å². The van der Waals surface area contributed by atoms with Crippen LogP contribution in [0.5, 0.6) is 0 Å². The molecule has 2 aliphatic heterocycles. The molecule has 1 aliphatic carbocycles. The molecule has 3 heteroatoms. The Morgan fingerprint density at radius 3 is 2.94 bits per heavy atom. The Morgan fingerprint density at radius 2 is 2.17 bits per heavy atom. The second-order valence-electron chi connectivity index (χ2n) is 6.74. The van der Waals surface area contributed by atoms with E-state index in [0.717, 1.165) is 18.9 Å². The van der Waals surface area contributed by atoms with E-state index in [9.17, 15) is 5.11 Å². The molecule has 3 fully saturated rings. The molecule has 0 aromatic carbocycles. The van der Waals surface area contributed by atoms with Gasteiger partial charge in [-0.3, -0.25) is 0 Å². The molecule has 18 heavy (non-hydrogen) atoms. The zero-order valence-electron chi connectivity index (χ0n) is 11.4. The maximum atomic E-state index is 10.3. The predicted molar refractivity (Wildman–Crippen MR) is 75.9 cm³/mol. The third-order valence-electron chi connectivity index (χ3n) is 5.33. The summed E-state index contributed by atoms with van der Waals surface area (Å²) < 4.78 is 6.11. The average molecular weight is 270 g/mol. The zero-order chi connectivity index (χ0) is 12.6. The number of rotatable bonds is 1. The number of hydrogen-bond acceptors (Lipinski definition) is 3. The fourth-order valence-corrected chi connectivity index (χ4v) is 5.59. The van der Waals surface area contributed by atoms with E-state index in [-0.39, 0.29) is 11.7 Å². The Morgan fingerprint density at radius 1 is 1.28 bits per heavy atom. The molecular weight excluding hydrogens is 244 g/mol. The van der Waals surface area contributed by atoms with Gasteiger partial charge in [-0.15, -0.1) is 0 Å². The molecule has 3 aliphatic rings. The second kappa shape index (κ2) is 5.34. The van der Waals surface area contributed by atoms with Crippen LogP contribution in [0.1, 0.15) is 45.4 Å². The Kier molecular flexibility index (Phi) is 3.93. The summed E-state index contributed by atoms with van der Waals surface area (Å²) in [6.07, 6.45) is 7.01. The van der Waals surface area contributed by atoms with E-state index in [1.807, 2.05) is 11.8 Å². The molecule has 0 amide bonds. The van der Waals surface area contributed by atoms with Crippen molar-refractivity contribution < 1.29 is 9.84 Å². The van der Waals surface area contributed by atoms with Gasteiger partial charge >= 0.3 is 0 Å². The average Bonchev–Trinajstić information content (AvgIpc) is 2.80. The Bertz CT molecular complexity index is 288. The van der Waals surface area contributed by atoms with E-state index in [4.69, 9.17) is 4.74 Å². The quantitative estimate of drug-likeness (QED) is 0.794. The number of aliphatic hydroxyl groups is 1. The highest BCUT2D eigenvalue weighted by Gasteiger charge is 2.44. The summed E-state index contributed by atoms with van der Waals surface area (Å²) >= 11 is 2.04. The maximum absolute atomic E-state index is 10.3. The van der Waals surface area contributed by atoms with Crippen LogP contribution in [0.2, 0.25) is 0 Å². The van der Waals surface area contributed by atoms with E-state index in [1.54, 1.807) is 0 Å². The van der Waals surface area contributed by atoms with Crippen LogP contribution in [0.4, 0.5) is 0 Å². The van der Waals surface area contributed by atoms with Crippen molar-refractivity contribution in [3.05, 3.63) is 0 Å². The molecule has 2 nitrogen and oxygen atoms in total. The molecule has 1 N–H and O–H groups in total. The highest BCUT2D eigenvalue weighted by Crippen LogP contribution is 2.46. The van der Waals surface area contributed by atoms with Crippen molar-refractivity contribution in [3.8, 4) is 0 Å². The molecule has 5 unspecified atom stereocenters. The summed E-state index contributed by atoms with van der Waals surface area (Å²) in [6.45, 7) is 3.27. The van der Waals surface area contributed by atoms with Gasteiger partial charge in [0, 0.05) is 12.4 Å². The van der Waals surface area contributed by atoms with Gasteiger partial charge in [0.05, 0.1) is 11.7 Å². The highest BCUT2D eigenvalue weighted by atomic mass is 32.2. The Hall–Kier alpha value is 0.270.